The van der Waals surface area contributed by atoms with E-state index in [0.29, 0.717) is 0 Å². The van der Waals surface area contributed by atoms with Crippen LogP contribution in [-0.4, -0.2) is 48.6 Å². The highest BCUT2D eigenvalue weighted by Gasteiger charge is 2.28. The van der Waals surface area contributed by atoms with Crippen LogP contribution in [0.2, 0.25) is 0 Å². The lowest BCUT2D eigenvalue weighted by molar-refractivity contribution is 0.0750. The van der Waals surface area contributed by atoms with Crippen LogP contribution in [-0.2, 0) is 0 Å². The summed E-state index contributed by atoms with van der Waals surface area (Å²) >= 11 is 0. The van der Waals surface area contributed by atoms with Crippen molar-refractivity contribution in [2.75, 3.05) is 32.7 Å². The molecule has 2 nitrogen and oxygen atoms in total. The number of hydrogen-bond acceptors (Lipinski definition) is 2. The van der Waals surface area contributed by atoms with Crippen molar-refractivity contribution in [2.24, 2.45) is 11.8 Å². The SMILES string of the molecule is CCC(C)CC1CCN(C2CCN(CC)CC2)CC1. The van der Waals surface area contributed by atoms with Gasteiger partial charge in [-0.2, -0.15) is 0 Å². The second-order valence-corrected chi connectivity index (χ2v) is 6.89. The summed E-state index contributed by atoms with van der Waals surface area (Å²) in [7, 11) is 0. The Morgan fingerprint density at radius 3 is 2.11 bits per heavy atom. The average molecular weight is 266 g/mol. The first-order valence-electron chi connectivity index (χ1n) is 8.69. The minimum Gasteiger partial charge on any atom is -0.303 e. The first-order valence-corrected chi connectivity index (χ1v) is 8.69. The molecule has 0 aliphatic carbocycles. The number of nitrogens with zero attached hydrogens (tertiary/aromatic N) is 2. The van der Waals surface area contributed by atoms with Gasteiger partial charge >= 0.3 is 0 Å². The second-order valence-electron chi connectivity index (χ2n) is 6.89. The molecular weight excluding hydrogens is 232 g/mol. The maximum Gasteiger partial charge on any atom is 0.0120 e. The van der Waals surface area contributed by atoms with E-state index in [1.165, 1.54) is 71.2 Å². The zero-order valence-electron chi connectivity index (χ0n) is 13.4. The third-order valence-electron chi connectivity index (χ3n) is 5.60. The van der Waals surface area contributed by atoms with Crippen molar-refractivity contribution in [3.8, 4) is 0 Å². The summed E-state index contributed by atoms with van der Waals surface area (Å²) in [4.78, 5) is 5.41. The summed E-state index contributed by atoms with van der Waals surface area (Å²) in [6.07, 6.45) is 8.55. The van der Waals surface area contributed by atoms with Gasteiger partial charge in [0.2, 0.25) is 0 Å². The highest BCUT2D eigenvalue weighted by atomic mass is 15.2. The van der Waals surface area contributed by atoms with E-state index in [0.717, 1.165) is 17.9 Å². The van der Waals surface area contributed by atoms with E-state index in [-0.39, 0.29) is 0 Å². The van der Waals surface area contributed by atoms with Gasteiger partial charge in [0, 0.05) is 6.04 Å². The van der Waals surface area contributed by atoms with E-state index >= 15 is 0 Å². The van der Waals surface area contributed by atoms with Crippen LogP contribution in [0.3, 0.4) is 0 Å². The quantitative estimate of drug-likeness (QED) is 0.750. The smallest absolute Gasteiger partial charge is 0.0120 e. The van der Waals surface area contributed by atoms with Crippen LogP contribution in [0.1, 0.15) is 59.3 Å². The van der Waals surface area contributed by atoms with Gasteiger partial charge < -0.3 is 9.80 Å². The predicted octanol–water partition coefficient (Wildman–Crippen LogP) is 3.62. The van der Waals surface area contributed by atoms with E-state index in [4.69, 9.17) is 0 Å². The van der Waals surface area contributed by atoms with Crippen molar-refractivity contribution in [1.29, 1.82) is 0 Å². The Balaban J connectivity index is 1.69. The topological polar surface area (TPSA) is 6.48 Å². The van der Waals surface area contributed by atoms with Crippen LogP contribution in [0.5, 0.6) is 0 Å². The van der Waals surface area contributed by atoms with Crippen LogP contribution in [0, 0.1) is 11.8 Å². The zero-order valence-corrected chi connectivity index (χ0v) is 13.4. The Morgan fingerprint density at radius 1 is 0.947 bits per heavy atom. The molecule has 0 amide bonds. The Labute approximate surface area is 120 Å². The molecule has 0 radical (unpaired) electrons. The minimum absolute atomic E-state index is 0.896. The average Bonchev–Trinajstić information content (AvgIpc) is 2.48. The van der Waals surface area contributed by atoms with Crippen molar-refractivity contribution in [2.45, 2.75) is 65.3 Å². The van der Waals surface area contributed by atoms with Crippen molar-refractivity contribution in [3.05, 3.63) is 0 Å². The first kappa shape index (κ1) is 15.3. The van der Waals surface area contributed by atoms with Gasteiger partial charge in [-0.15, -0.1) is 0 Å². The highest BCUT2D eigenvalue weighted by Crippen LogP contribution is 2.28. The number of hydrogen-bond donors (Lipinski definition) is 0. The van der Waals surface area contributed by atoms with Crippen LogP contribution in [0.25, 0.3) is 0 Å². The largest absolute Gasteiger partial charge is 0.303 e. The molecule has 0 spiro atoms. The third-order valence-corrected chi connectivity index (χ3v) is 5.60. The molecule has 1 atom stereocenters. The Hall–Kier alpha value is -0.0800. The Bertz CT molecular complexity index is 238. The molecule has 2 heteroatoms. The molecule has 112 valence electrons. The van der Waals surface area contributed by atoms with E-state index in [1.54, 1.807) is 0 Å². The standard InChI is InChI=1S/C17H34N2/c1-4-15(3)14-16-6-12-19(13-7-16)17-8-10-18(5-2)11-9-17/h15-17H,4-14H2,1-3H3. The van der Waals surface area contributed by atoms with Gasteiger partial charge in [0.05, 0.1) is 0 Å². The van der Waals surface area contributed by atoms with Crippen molar-refractivity contribution < 1.29 is 0 Å². The fourth-order valence-electron chi connectivity index (χ4n) is 3.89. The van der Waals surface area contributed by atoms with Crippen LogP contribution in [0.4, 0.5) is 0 Å². The van der Waals surface area contributed by atoms with Gasteiger partial charge in [0.15, 0.2) is 0 Å². The molecule has 2 heterocycles. The summed E-state index contributed by atoms with van der Waals surface area (Å²) in [5.41, 5.74) is 0. The summed E-state index contributed by atoms with van der Waals surface area (Å²) in [6.45, 7) is 13.7. The summed E-state index contributed by atoms with van der Waals surface area (Å²) < 4.78 is 0. The molecule has 0 aromatic carbocycles. The predicted molar refractivity (Wildman–Crippen MR) is 83.5 cm³/mol. The molecule has 0 saturated carbocycles. The number of rotatable bonds is 5. The lowest BCUT2D eigenvalue weighted by atomic mass is 9.86. The molecule has 1 unspecified atom stereocenters. The first-order chi connectivity index (χ1) is 9.22. The number of piperidine rings is 2. The van der Waals surface area contributed by atoms with Gasteiger partial charge in [-0.25, -0.2) is 0 Å². The third kappa shape index (κ3) is 4.46. The van der Waals surface area contributed by atoms with E-state index < -0.39 is 0 Å². The molecule has 0 aromatic heterocycles. The lowest BCUT2D eigenvalue weighted by Crippen LogP contribution is -2.47. The highest BCUT2D eigenvalue weighted by molar-refractivity contribution is 4.83. The normalized spacial score (nSPS) is 26.7. The van der Waals surface area contributed by atoms with Crippen LogP contribution >= 0.6 is 0 Å². The Morgan fingerprint density at radius 2 is 1.58 bits per heavy atom. The molecule has 2 aliphatic rings. The number of likely N-dealkylation sites (tertiary alicyclic amines) is 2. The van der Waals surface area contributed by atoms with E-state index in [2.05, 4.69) is 30.6 Å². The monoisotopic (exact) mass is 266 g/mol. The molecule has 0 N–H and O–H groups in total. The fraction of sp³-hybridized carbons (Fsp3) is 1.00. The lowest BCUT2D eigenvalue weighted by Gasteiger charge is -2.42. The maximum atomic E-state index is 2.81. The van der Waals surface area contributed by atoms with Crippen molar-refractivity contribution >= 4 is 0 Å². The molecule has 2 aliphatic heterocycles. The maximum absolute atomic E-state index is 2.81. The van der Waals surface area contributed by atoms with Gasteiger partial charge in [-0.3, -0.25) is 0 Å². The molecule has 2 rings (SSSR count). The molecule has 0 bridgehead atoms. The van der Waals surface area contributed by atoms with E-state index in [1.807, 2.05) is 0 Å². The zero-order chi connectivity index (χ0) is 13.7. The van der Waals surface area contributed by atoms with Crippen LogP contribution in [0.15, 0.2) is 0 Å². The molecule has 19 heavy (non-hydrogen) atoms. The van der Waals surface area contributed by atoms with Gasteiger partial charge in [0.25, 0.3) is 0 Å². The summed E-state index contributed by atoms with van der Waals surface area (Å²) in [6, 6.07) is 0.896. The van der Waals surface area contributed by atoms with Crippen molar-refractivity contribution in [3.63, 3.8) is 0 Å². The summed E-state index contributed by atoms with van der Waals surface area (Å²) in [5.74, 6) is 1.95. The fourth-order valence-corrected chi connectivity index (χ4v) is 3.89. The van der Waals surface area contributed by atoms with Crippen molar-refractivity contribution in [1.82, 2.24) is 9.80 Å². The van der Waals surface area contributed by atoms with Gasteiger partial charge in [-0.05, 0) is 76.7 Å². The molecule has 0 aromatic rings. The Kier molecular flexibility index (Phi) is 6.15. The van der Waals surface area contributed by atoms with Crippen LogP contribution < -0.4 is 0 Å². The summed E-state index contributed by atoms with van der Waals surface area (Å²) in [5, 5.41) is 0. The minimum atomic E-state index is 0.896. The molecule has 2 fully saturated rings. The van der Waals surface area contributed by atoms with Gasteiger partial charge in [0.1, 0.15) is 0 Å². The molecular formula is C17H34N2. The second kappa shape index (κ2) is 7.64. The molecule has 2 saturated heterocycles. The van der Waals surface area contributed by atoms with E-state index in [9.17, 15) is 0 Å². The van der Waals surface area contributed by atoms with Gasteiger partial charge in [-0.1, -0.05) is 27.2 Å².